The maximum absolute atomic E-state index is 8.88. The summed E-state index contributed by atoms with van der Waals surface area (Å²) in [5.41, 5.74) is 4.40. The zero-order chi connectivity index (χ0) is 8.97. The minimum Gasteiger partial charge on any atom is -0.396 e. The van der Waals surface area contributed by atoms with Crippen LogP contribution in [0, 0.1) is 5.92 Å². The van der Waals surface area contributed by atoms with Crippen molar-refractivity contribution < 1.29 is 5.11 Å². The number of rotatable bonds is 3. The molecule has 1 unspecified atom stereocenters. The van der Waals surface area contributed by atoms with Crippen LogP contribution < -0.4 is 0 Å². The molecule has 0 aromatic carbocycles. The lowest BCUT2D eigenvalue weighted by atomic mass is 10.0. The molecule has 0 fully saturated rings. The van der Waals surface area contributed by atoms with Gasteiger partial charge in [0.25, 0.3) is 0 Å². The normalized spacial score (nSPS) is 19.9. The third-order valence-corrected chi connectivity index (χ3v) is 2.77. The first-order valence-corrected chi connectivity index (χ1v) is 5.22. The van der Waals surface area contributed by atoms with Gasteiger partial charge in [-0.25, -0.2) is 0 Å². The summed E-state index contributed by atoms with van der Waals surface area (Å²) in [6.07, 6.45) is 0.979. The number of aliphatic imine (C=N–C) groups is 1. The molecule has 0 saturated heterocycles. The Hall–Kier alpha value is -0.280. The van der Waals surface area contributed by atoms with E-state index in [0.29, 0.717) is 5.92 Å². The lowest BCUT2D eigenvalue weighted by Crippen LogP contribution is -2.06. The molecule has 0 spiro atoms. The summed E-state index contributed by atoms with van der Waals surface area (Å²) in [6.45, 7) is 4.37. The molecule has 0 aromatic heterocycles. The van der Waals surface area contributed by atoms with Gasteiger partial charge in [0.05, 0.1) is 5.55 Å². The molecular formula is C9H15NOS. The van der Waals surface area contributed by atoms with Crippen molar-refractivity contribution in [3.8, 4) is 0 Å². The van der Waals surface area contributed by atoms with Crippen LogP contribution >= 0.6 is 11.8 Å². The SMILES string of the molecule is CC1=C(CC(C)CO)CSC=N1. The second-order valence-electron chi connectivity index (χ2n) is 3.23. The van der Waals surface area contributed by atoms with Gasteiger partial charge in [0.2, 0.25) is 0 Å². The molecule has 0 aliphatic carbocycles. The first kappa shape index (κ1) is 9.81. The lowest BCUT2D eigenvalue weighted by Gasteiger charge is -2.15. The Morgan fingerprint density at radius 3 is 3.08 bits per heavy atom. The van der Waals surface area contributed by atoms with Crippen molar-refractivity contribution in [2.24, 2.45) is 10.9 Å². The van der Waals surface area contributed by atoms with Crippen molar-refractivity contribution >= 4 is 17.3 Å². The Bertz CT molecular complexity index is 211. The van der Waals surface area contributed by atoms with Gasteiger partial charge in [0, 0.05) is 18.1 Å². The van der Waals surface area contributed by atoms with Crippen LogP contribution in [0.2, 0.25) is 0 Å². The smallest absolute Gasteiger partial charge is 0.0603 e. The largest absolute Gasteiger partial charge is 0.396 e. The average molecular weight is 185 g/mol. The summed E-state index contributed by atoms with van der Waals surface area (Å²) in [7, 11) is 0. The molecule has 1 aliphatic heterocycles. The third kappa shape index (κ3) is 2.64. The second-order valence-corrected chi connectivity index (χ2v) is 4.06. The van der Waals surface area contributed by atoms with Crippen molar-refractivity contribution in [2.45, 2.75) is 20.3 Å². The molecule has 0 bridgehead atoms. The third-order valence-electron chi connectivity index (χ3n) is 2.00. The van der Waals surface area contributed by atoms with Crippen LogP contribution in [-0.4, -0.2) is 23.0 Å². The lowest BCUT2D eigenvalue weighted by molar-refractivity contribution is 0.237. The summed E-state index contributed by atoms with van der Waals surface area (Å²) in [5.74, 6) is 1.41. The number of aliphatic hydroxyl groups is 1. The molecule has 1 atom stereocenters. The predicted molar refractivity (Wildman–Crippen MR) is 54.5 cm³/mol. The number of allylic oxidation sites excluding steroid dienone is 1. The highest BCUT2D eigenvalue weighted by Gasteiger charge is 2.09. The Labute approximate surface area is 77.8 Å². The van der Waals surface area contributed by atoms with Crippen LogP contribution in [0.4, 0.5) is 0 Å². The maximum atomic E-state index is 8.88. The van der Waals surface area contributed by atoms with Gasteiger partial charge in [-0.1, -0.05) is 6.92 Å². The molecule has 68 valence electrons. The summed E-state index contributed by atoms with van der Waals surface area (Å²) in [4.78, 5) is 4.23. The van der Waals surface area contributed by atoms with E-state index in [9.17, 15) is 0 Å². The topological polar surface area (TPSA) is 32.6 Å². The van der Waals surface area contributed by atoms with Crippen LogP contribution in [-0.2, 0) is 0 Å². The first-order valence-electron chi connectivity index (χ1n) is 4.17. The molecular weight excluding hydrogens is 170 g/mol. The predicted octanol–water partition coefficient (Wildman–Crippen LogP) is 2.05. The Morgan fingerprint density at radius 1 is 1.75 bits per heavy atom. The molecule has 3 heteroatoms. The molecule has 0 radical (unpaired) electrons. The fourth-order valence-electron chi connectivity index (χ4n) is 1.14. The molecule has 1 rings (SSSR count). The van der Waals surface area contributed by atoms with Gasteiger partial charge in [0.15, 0.2) is 0 Å². The summed E-state index contributed by atoms with van der Waals surface area (Å²) in [5, 5.41) is 8.88. The molecule has 12 heavy (non-hydrogen) atoms. The maximum Gasteiger partial charge on any atom is 0.0603 e. The molecule has 0 aromatic rings. The van der Waals surface area contributed by atoms with Gasteiger partial charge in [-0.15, -0.1) is 11.8 Å². The monoisotopic (exact) mass is 185 g/mol. The van der Waals surface area contributed by atoms with Crippen LogP contribution in [0.15, 0.2) is 16.3 Å². The highest BCUT2D eigenvalue weighted by molar-refractivity contribution is 8.12. The number of nitrogens with zero attached hydrogens (tertiary/aromatic N) is 1. The van der Waals surface area contributed by atoms with Gasteiger partial charge in [0.1, 0.15) is 0 Å². The highest BCUT2D eigenvalue weighted by Crippen LogP contribution is 2.23. The molecule has 1 heterocycles. The van der Waals surface area contributed by atoms with Crippen LogP contribution in [0.3, 0.4) is 0 Å². The van der Waals surface area contributed by atoms with Crippen LogP contribution in [0.5, 0.6) is 0 Å². The molecule has 2 nitrogen and oxygen atoms in total. The van der Waals surface area contributed by atoms with E-state index in [1.54, 1.807) is 11.8 Å². The minimum atomic E-state index is 0.269. The van der Waals surface area contributed by atoms with Crippen molar-refractivity contribution in [1.82, 2.24) is 0 Å². The standard InChI is InChI=1S/C9H15NOS/c1-7(4-11)3-9-5-12-6-10-8(9)2/h6-7,11H,3-5H2,1-2H3. The van der Waals surface area contributed by atoms with Gasteiger partial charge < -0.3 is 5.11 Å². The van der Waals surface area contributed by atoms with Gasteiger partial charge in [-0.3, -0.25) is 4.99 Å². The fourth-order valence-corrected chi connectivity index (χ4v) is 1.98. The second kappa shape index (κ2) is 4.67. The number of thioether (sulfide) groups is 1. The van der Waals surface area contributed by atoms with E-state index in [4.69, 9.17) is 5.11 Å². The van der Waals surface area contributed by atoms with E-state index in [-0.39, 0.29) is 6.61 Å². The van der Waals surface area contributed by atoms with Gasteiger partial charge in [-0.2, -0.15) is 0 Å². The Kier molecular flexibility index (Phi) is 3.82. The number of hydrogen-bond donors (Lipinski definition) is 1. The molecule has 0 saturated carbocycles. The van der Waals surface area contributed by atoms with Crippen molar-refractivity contribution in [3.05, 3.63) is 11.3 Å². The zero-order valence-electron chi connectivity index (χ0n) is 7.58. The highest BCUT2D eigenvalue weighted by atomic mass is 32.2. The van der Waals surface area contributed by atoms with E-state index in [0.717, 1.165) is 17.9 Å². The summed E-state index contributed by atoms with van der Waals surface area (Å²) >= 11 is 1.73. The number of aliphatic hydroxyl groups excluding tert-OH is 1. The van der Waals surface area contributed by atoms with Crippen LogP contribution in [0.1, 0.15) is 20.3 Å². The van der Waals surface area contributed by atoms with E-state index in [1.165, 1.54) is 5.57 Å². The van der Waals surface area contributed by atoms with Crippen molar-refractivity contribution in [3.63, 3.8) is 0 Å². The van der Waals surface area contributed by atoms with Gasteiger partial charge in [-0.05, 0) is 24.8 Å². The van der Waals surface area contributed by atoms with E-state index < -0.39 is 0 Å². The van der Waals surface area contributed by atoms with E-state index >= 15 is 0 Å². The first-order chi connectivity index (χ1) is 5.74. The molecule has 1 aliphatic rings. The minimum absolute atomic E-state index is 0.269. The Balaban J connectivity index is 2.55. The quantitative estimate of drug-likeness (QED) is 0.730. The van der Waals surface area contributed by atoms with E-state index in [1.807, 2.05) is 12.5 Å². The van der Waals surface area contributed by atoms with Crippen LogP contribution in [0.25, 0.3) is 0 Å². The fraction of sp³-hybridized carbons (Fsp3) is 0.667. The summed E-state index contributed by atoms with van der Waals surface area (Å²) < 4.78 is 0. The molecule has 0 amide bonds. The summed E-state index contributed by atoms with van der Waals surface area (Å²) in [6, 6.07) is 0. The van der Waals surface area contributed by atoms with Gasteiger partial charge >= 0.3 is 0 Å². The zero-order valence-corrected chi connectivity index (χ0v) is 8.40. The van der Waals surface area contributed by atoms with Crippen molar-refractivity contribution in [1.29, 1.82) is 0 Å². The van der Waals surface area contributed by atoms with Crippen molar-refractivity contribution in [2.75, 3.05) is 12.4 Å². The average Bonchev–Trinajstić information content (AvgIpc) is 2.09. The number of hydrogen-bond acceptors (Lipinski definition) is 3. The van der Waals surface area contributed by atoms with E-state index in [2.05, 4.69) is 11.9 Å². The molecule has 1 N–H and O–H groups in total. The Morgan fingerprint density at radius 2 is 2.50 bits per heavy atom.